The Bertz CT molecular complexity index is 671. The van der Waals surface area contributed by atoms with Gasteiger partial charge in [-0.3, -0.25) is 9.59 Å². The highest BCUT2D eigenvalue weighted by Crippen LogP contribution is 2.23. The molecule has 2 aromatic carbocycles. The van der Waals surface area contributed by atoms with Crippen molar-refractivity contribution >= 4 is 23.2 Å². The smallest absolute Gasteiger partial charge is 0.226 e. The first-order valence-electron chi connectivity index (χ1n) is 7.38. The highest BCUT2D eigenvalue weighted by Gasteiger charge is 2.14. The maximum atomic E-state index is 12.1. The van der Waals surface area contributed by atoms with Gasteiger partial charge in [0, 0.05) is 25.6 Å². The Morgan fingerprint density at radius 3 is 2.35 bits per heavy atom. The zero-order valence-corrected chi connectivity index (χ0v) is 13.3. The second-order valence-electron chi connectivity index (χ2n) is 5.00. The van der Waals surface area contributed by atoms with Gasteiger partial charge in [0.2, 0.25) is 11.8 Å². The number of hydrogen-bond donors (Lipinski definition) is 1. The summed E-state index contributed by atoms with van der Waals surface area (Å²) in [7, 11) is 1.55. The van der Waals surface area contributed by atoms with Gasteiger partial charge in [-0.2, -0.15) is 0 Å². The van der Waals surface area contributed by atoms with Gasteiger partial charge in [-0.05, 0) is 24.3 Å². The molecule has 0 radical (unpaired) electrons. The molecule has 2 aromatic rings. The summed E-state index contributed by atoms with van der Waals surface area (Å²) >= 11 is 0. The van der Waals surface area contributed by atoms with Gasteiger partial charge in [-0.15, -0.1) is 0 Å². The minimum absolute atomic E-state index is 0.0960. The fourth-order valence-electron chi connectivity index (χ4n) is 2.25. The summed E-state index contributed by atoms with van der Waals surface area (Å²) in [6.07, 6.45) is 0.201. The molecule has 0 heterocycles. The molecule has 0 fully saturated rings. The van der Waals surface area contributed by atoms with E-state index in [1.165, 1.54) is 6.92 Å². The normalized spacial score (nSPS) is 10.0. The molecule has 120 valence electrons. The molecule has 0 spiro atoms. The second kappa shape index (κ2) is 7.98. The van der Waals surface area contributed by atoms with Crippen molar-refractivity contribution in [1.82, 2.24) is 0 Å². The van der Waals surface area contributed by atoms with Crippen molar-refractivity contribution in [3.63, 3.8) is 0 Å². The Kier molecular flexibility index (Phi) is 5.74. The van der Waals surface area contributed by atoms with Crippen LogP contribution in [-0.2, 0) is 9.59 Å². The summed E-state index contributed by atoms with van der Waals surface area (Å²) in [6, 6.07) is 16.5. The number of hydrogen-bond acceptors (Lipinski definition) is 3. The van der Waals surface area contributed by atoms with Gasteiger partial charge >= 0.3 is 0 Å². The third-order valence-electron chi connectivity index (χ3n) is 3.39. The van der Waals surface area contributed by atoms with Crippen molar-refractivity contribution < 1.29 is 14.3 Å². The van der Waals surface area contributed by atoms with Gasteiger partial charge in [0.05, 0.1) is 12.8 Å². The van der Waals surface area contributed by atoms with Crippen LogP contribution in [0.15, 0.2) is 54.6 Å². The molecule has 0 bridgehead atoms. The van der Waals surface area contributed by atoms with Crippen LogP contribution in [0, 0.1) is 0 Å². The fourth-order valence-corrected chi connectivity index (χ4v) is 2.25. The first-order valence-corrected chi connectivity index (χ1v) is 7.38. The fraction of sp³-hybridized carbons (Fsp3) is 0.222. The van der Waals surface area contributed by atoms with E-state index in [-0.39, 0.29) is 18.2 Å². The van der Waals surface area contributed by atoms with Crippen molar-refractivity contribution in [3.05, 3.63) is 54.6 Å². The van der Waals surface area contributed by atoms with Crippen LogP contribution in [-0.4, -0.2) is 25.5 Å². The predicted octanol–water partition coefficient (Wildman–Crippen LogP) is 3.08. The molecule has 0 aliphatic rings. The SMILES string of the molecule is COc1ccccc1NC(=O)CCN(C(C)=O)c1ccccc1. The average Bonchev–Trinajstić information content (AvgIpc) is 2.56. The van der Waals surface area contributed by atoms with Gasteiger partial charge in [-0.25, -0.2) is 0 Å². The van der Waals surface area contributed by atoms with Crippen molar-refractivity contribution in [2.45, 2.75) is 13.3 Å². The number of carbonyl (C=O) groups excluding carboxylic acids is 2. The number of ether oxygens (including phenoxy) is 1. The molecule has 0 saturated heterocycles. The van der Waals surface area contributed by atoms with Gasteiger partial charge in [0.1, 0.15) is 5.75 Å². The second-order valence-corrected chi connectivity index (χ2v) is 5.00. The van der Waals surface area contributed by atoms with Crippen LogP contribution in [0.3, 0.4) is 0 Å². The highest BCUT2D eigenvalue weighted by atomic mass is 16.5. The molecule has 23 heavy (non-hydrogen) atoms. The summed E-state index contributed by atoms with van der Waals surface area (Å²) in [5.41, 5.74) is 1.40. The Morgan fingerprint density at radius 2 is 1.70 bits per heavy atom. The quantitative estimate of drug-likeness (QED) is 0.892. The lowest BCUT2D eigenvalue weighted by Gasteiger charge is -2.21. The minimum atomic E-state index is -0.170. The minimum Gasteiger partial charge on any atom is -0.495 e. The monoisotopic (exact) mass is 312 g/mol. The number of carbonyl (C=O) groups is 2. The Hall–Kier alpha value is -2.82. The van der Waals surface area contributed by atoms with Crippen molar-refractivity contribution in [2.75, 3.05) is 23.9 Å². The van der Waals surface area contributed by atoms with Crippen LogP contribution in [0.1, 0.15) is 13.3 Å². The Labute approximate surface area is 135 Å². The van der Waals surface area contributed by atoms with E-state index in [1.54, 1.807) is 24.1 Å². The van der Waals surface area contributed by atoms with Crippen molar-refractivity contribution in [1.29, 1.82) is 0 Å². The molecule has 1 N–H and O–H groups in total. The van der Waals surface area contributed by atoms with Crippen LogP contribution >= 0.6 is 0 Å². The number of amides is 2. The lowest BCUT2D eigenvalue weighted by Crippen LogP contribution is -2.31. The van der Waals surface area contributed by atoms with Gasteiger partial charge < -0.3 is 15.0 Å². The number of nitrogens with one attached hydrogen (secondary N) is 1. The number of methoxy groups -OCH3 is 1. The number of rotatable bonds is 6. The van der Waals surface area contributed by atoms with Gasteiger partial charge in [0.25, 0.3) is 0 Å². The number of nitrogens with zero attached hydrogens (tertiary/aromatic N) is 1. The van der Waals surface area contributed by atoms with Crippen molar-refractivity contribution in [2.24, 2.45) is 0 Å². The van der Waals surface area contributed by atoms with Crippen LogP contribution in [0.25, 0.3) is 0 Å². The highest BCUT2D eigenvalue weighted by molar-refractivity contribution is 5.95. The summed E-state index contributed by atoms with van der Waals surface area (Å²) in [5.74, 6) is 0.338. The molecule has 0 aliphatic carbocycles. The van der Waals surface area contributed by atoms with E-state index in [4.69, 9.17) is 4.74 Å². The van der Waals surface area contributed by atoms with E-state index in [0.717, 1.165) is 5.69 Å². The van der Waals surface area contributed by atoms with E-state index >= 15 is 0 Å². The van der Waals surface area contributed by atoms with Crippen LogP contribution in [0.5, 0.6) is 5.75 Å². The van der Waals surface area contributed by atoms with Crippen LogP contribution in [0.4, 0.5) is 11.4 Å². The van der Waals surface area contributed by atoms with E-state index in [0.29, 0.717) is 18.0 Å². The van der Waals surface area contributed by atoms with E-state index in [2.05, 4.69) is 5.32 Å². The predicted molar refractivity (Wildman–Crippen MR) is 90.7 cm³/mol. The molecular formula is C18H20N2O3. The Balaban J connectivity index is 1.98. The molecule has 0 saturated carbocycles. The molecule has 0 aliphatic heterocycles. The lowest BCUT2D eigenvalue weighted by molar-refractivity contribution is -0.117. The summed E-state index contributed by atoms with van der Waals surface area (Å²) in [4.78, 5) is 25.5. The third kappa shape index (κ3) is 4.57. The van der Waals surface area contributed by atoms with Gasteiger partial charge in [-0.1, -0.05) is 30.3 Å². The lowest BCUT2D eigenvalue weighted by atomic mass is 10.2. The van der Waals surface area contributed by atoms with Gasteiger partial charge in [0.15, 0.2) is 0 Å². The standard InChI is InChI=1S/C18H20N2O3/c1-14(21)20(15-8-4-3-5-9-15)13-12-18(22)19-16-10-6-7-11-17(16)23-2/h3-11H,12-13H2,1-2H3,(H,19,22). The molecule has 5 heteroatoms. The molecule has 5 nitrogen and oxygen atoms in total. The molecular weight excluding hydrogens is 292 g/mol. The first kappa shape index (κ1) is 16.5. The largest absolute Gasteiger partial charge is 0.495 e. The van der Waals surface area contributed by atoms with Crippen LogP contribution < -0.4 is 15.0 Å². The Morgan fingerprint density at radius 1 is 1.04 bits per heavy atom. The molecule has 0 atom stereocenters. The zero-order valence-electron chi connectivity index (χ0n) is 13.3. The van der Waals surface area contributed by atoms with E-state index in [1.807, 2.05) is 42.5 Å². The number of para-hydroxylation sites is 3. The molecule has 0 unspecified atom stereocenters. The maximum Gasteiger partial charge on any atom is 0.226 e. The van der Waals surface area contributed by atoms with Crippen molar-refractivity contribution in [3.8, 4) is 5.75 Å². The molecule has 2 rings (SSSR count). The topological polar surface area (TPSA) is 58.6 Å². The summed E-state index contributed by atoms with van der Waals surface area (Å²) in [5, 5.41) is 2.81. The summed E-state index contributed by atoms with van der Waals surface area (Å²) in [6.45, 7) is 1.81. The first-order chi connectivity index (χ1) is 11.1. The molecule has 2 amide bonds. The maximum absolute atomic E-state index is 12.1. The average molecular weight is 312 g/mol. The van der Waals surface area contributed by atoms with Crippen LogP contribution in [0.2, 0.25) is 0 Å². The number of benzene rings is 2. The summed E-state index contributed by atoms with van der Waals surface area (Å²) < 4.78 is 5.20. The molecule has 0 aromatic heterocycles. The number of anilines is 2. The van der Waals surface area contributed by atoms with E-state index < -0.39 is 0 Å². The zero-order chi connectivity index (χ0) is 16.7. The third-order valence-corrected chi connectivity index (χ3v) is 3.39. The van der Waals surface area contributed by atoms with E-state index in [9.17, 15) is 9.59 Å².